The Morgan fingerprint density at radius 2 is 1.85 bits per heavy atom. The fraction of sp³-hybridized carbons (Fsp3) is 0.115. The number of amides is 1. The van der Waals surface area contributed by atoms with Crippen molar-refractivity contribution in [3.63, 3.8) is 0 Å². The Balaban J connectivity index is 1.43. The molecule has 3 aromatic carbocycles. The summed E-state index contributed by atoms with van der Waals surface area (Å²) in [6, 6.07) is 23.4. The number of carbonyl (C=O) groups is 1. The van der Waals surface area contributed by atoms with E-state index in [0.29, 0.717) is 12.1 Å². The predicted molar refractivity (Wildman–Crippen MR) is 138 cm³/mol. The summed E-state index contributed by atoms with van der Waals surface area (Å²) in [6.45, 7) is 6.50. The van der Waals surface area contributed by atoms with E-state index in [9.17, 15) is 4.79 Å². The number of hydrogen-bond donors (Lipinski definition) is 1. The Bertz CT molecular complexity index is 1270. The highest BCUT2D eigenvalue weighted by Crippen LogP contribution is 2.27. The van der Waals surface area contributed by atoms with E-state index < -0.39 is 0 Å². The highest BCUT2D eigenvalue weighted by Gasteiger charge is 2.14. The minimum Gasteiger partial charge on any atom is -0.322 e. The van der Waals surface area contributed by atoms with Gasteiger partial charge >= 0.3 is 0 Å². The molecule has 1 heterocycles. The number of carbonyl (C=O) groups excluding carboxylic acids is 1. The number of rotatable bonds is 8. The molecule has 4 aromatic rings. The number of anilines is 1. The van der Waals surface area contributed by atoms with Crippen molar-refractivity contribution in [2.45, 2.75) is 24.4 Å². The standard InChI is InChI=1S/C26H23BrN4OS/c1-3-15-31-24(20-11-13-22(27)14-12-20)29-30-26(31)33-17-19-7-9-21(10-8-19)25(32)28-23-6-4-5-18(2)16-23/h3-14,16H,1,15,17H2,2H3,(H,28,32). The van der Waals surface area contributed by atoms with Crippen molar-refractivity contribution < 1.29 is 4.79 Å². The molecule has 4 rings (SSSR count). The molecule has 7 heteroatoms. The van der Waals surface area contributed by atoms with E-state index in [0.717, 1.165) is 43.6 Å². The minimum atomic E-state index is -0.121. The molecule has 0 bridgehead atoms. The Kier molecular flexibility index (Phi) is 7.42. The number of halogens is 1. The van der Waals surface area contributed by atoms with Gasteiger partial charge in [0, 0.05) is 33.6 Å². The second kappa shape index (κ2) is 10.6. The second-order valence-corrected chi connectivity index (χ2v) is 9.38. The Labute approximate surface area is 206 Å². The molecule has 0 aliphatic rings. The van der Waals surface area contributed by atoms with Crippen LogP contribution in [-0.4, -0.2) is 20.7 Å². The molecule has 1 N–H and O–H groups in total. The maximum absolute atomic E-state index is 12.5. The average molecular weight is 519 g/mol. The Hall–Kier alpha value is -3.16. The lowest BCUT2D eigenvalue weighted by molar-refractivity contribution is 0.102. The van der Waals surface area contributed by atoms with Gasteiger partial charge in [-0.15, -0.1) is 16.8 Å². The van der Waals surface area contributed by atoms with Crippen molar-refractivity contribution in [3.05, 3.63) is 107 Å². The maximum atomic E-state index is 12.5. The summed E-state index contributed by atoms with van der Waals surface area (Å²) in [7, 11) is 0. The first-order valence-electron chi connectivity index (χ1n) is 10.4. The summed E-state index contributed by atoms with van der Waals surface area (Å²) in [5.74, 6) is 1.41. The number of nitrogens with zero attached hydrogens (tertiary/aromatic N) is 3. The maximum Gasteiger partial charge on any atom is 0.255 e. The third kappa shape index (κ3) is 5.80. The number of thioether (sulfide) groups is 1. The fourth-order valence-electron chi connectivity index (χ4n) is 3.33. The smallest absolute Gasteiger partial charge is 0.255 e. The van der Waals surface area contributed by atoms with Gasteiger partial charge in [-0.25, -0.2) is 0 Å². The van der Waals surface area contributed by atoms with Gasteiger partial charge in [0.05, 0.1) is 0 Å². The molecule has 0 atom stereocenters. The average Bonchev–Trinajstić information content (AvgIpc) is 3.21. The van der Waals surface area contributed by atoms with Gasteiger partial charge in [0.15, 0.2) is 11.0 Å². The number of hydrogen-bond acceptors (Lipinski definition) is 4. The van der Waals surface area contributed by atoms with Crippen molar-refractivity contribution >= 4 is 39.3 Å². The van der Waals surface area contributed by atoms with Crippen LogP contribution in [-0.2, 0) is 12.3 Å². The van der Waals surface area contributed by atoms with Crippen molar-refractivity contribution in [2.24, 2.45) is 0 Å². The summed E-state index contributed by atoms with van der Waals surface area (Å²) >= 11 is 5.08. The Morgan fingerprint density at radius 1 is 1.09 bits per heavy atom. The number of aryl methyl sites for hydroxylation is 1. The van der Waals surface area contributed by atoms with E-state index in [1.54, 1.807) is 11.8 Å². The highest BCUT2D eigenvalue weighted by atomic mass is 79.9. The van der Waals surface area contributed by atoms with Gasteiger partial charge < -0.3 is 5.32 Å². The van der Waals surface area contributed by atoms with Gasteiger partial charge in [0.2, 0.25) is 0 Å². The van der Waals surface area contributed by atoms with Crippen LogP contribution in [0.4, 0.5) is 5.69 Å². The fourth-order valence-corrected chi connectivity index (χ4v) is 4.50. The molecular weight excluding hydrogens is 496 g/mol. The van der Waals surface area contributed by atoms with E-state index in [2.05, 4.69) is 42.6 Å². The molecule has 0 unspecified atom stereocenters. The zero-order valence-electron chi connectivity index (χ0n) is 18.2. The summed E-state index contributed by atoms with van der Waals surface area (Å²) in [6.07, 6.45) is 1.84. The molecule has 0 radical (unpaired) electrons. The third-order valence-corrected chi connectivity index (χ3v) is 6.56. The number of allylic oxidation sites excluding steroid dienone is 1. The first kappa shape index (κ1) is 23.0. The van der Waals surface area contributed by atoms with Crippen molar-refractivity contribution in [3.8, 4) is 11.4 Å². The molecular formula is C26H23BrN4OS. The molecule has 1 aromatic heterocycles. The summed E-state index contributed by atoms with van der Waals surface area (Å²) < 4.78 is 3.08. The molecule has 0 fully saturated rings. The molecule has 0 saturated carbocycles. The summed E-state index contributed by atoms with van der Waals surface area (Å²) in [5.41, 5.74) is 4.63. The number of aromatic nitrogens is 3. The van der Waals surface area contributed by atoms with Crippen LogP contribution in [0.15, 0.2) is 95.1 Å². The monoisotopic (exact) mass is 518 g/mol. The lowest BCUT2D eigenvalue weighted by Crippen LogP contribution is -2.11. The molecule has 5 nitrogen and oxygen atoms in total. The van der Waals surface area contributed by atoms with Crippen LogP contribution in [0.5, 0.6) is 0 Å². The molecule has 0 spiro atoms. The number of nitrogens with one attached hydrogen (secondary N) is 1. The van der Waals surface area contributed by atoms with Crippen molar-refractivity contribution in [2.75, 3.05) is 5.32 Å². The molecule has 166 valence electrons. The van der Waals surface area contributed by atoms with Gasteiger partial charge in [-0.1, -0.05) is 70.2 Å². The first-order chi connectivity index (χ1) is 16.0. The summed E-state index contributed by atoms with van der Waals surface area (Å²) in [4.78, 5) is 12.5. The second-order valence-electron chi connectivity index (χ2n) is 7.52. The number of benzene rings is 3. The van der Waals surface area contributed by atoms with Gasteiger partial charge in [0.1, 0.15) is 0 Å². The topological polar surface area (TPSA) is 59.8 Å². The SMILES string of the molecule is C=CCn1c(SCc2ccc(C(=O)Nc3cccc(C)c3)cc2)nnc1-c1ccc(Br)cc1. The van der Waals surface area contributed by atoms with Crippen LogP contribution in [0.3, 0.4) is 0 Å². The van der Waals surface area contributed by atoms with E-state index in [1.807, 2.05) is 85.8 Å². The van der Waals surface area contributed by atoms with Crippen LogP contribution in [0.1, 0.15) is 21.5 Å². The lowest BCUT2D eigenvalue weighted by Gasteiger charge is -2.09. The van der Waals surface area contributed by atoms with Crippen LogP contribution < -0.4 is 5.32 Å². The largest absolute Gasteiger partial charge is 0.322 e. The zero-order valence-corrected chi connectivity index (χ0v) is 20.6. The normalized spacial score (nSPS) is 10.7. The zero-order chi connectivity index (χ0) is 23.2. The molecule has 1 amide bonds. The molecule has 0 aliphatic carbocycles. The van der Waals surface area contributed by atoms with Gasteiger partial charge in [-0.05, 0) is 54.4 Å². The Morgan fingerprint density at radius 3 is 2.55 bits per heavy atom. The molecule has 0 saturated heterocycles. The lowest BCUT2D eigenvalue weighted by atomic mass is 10.1. The molecule has 33 heavy (non-hydrogen) atoms. The van der Waals surface area contributed by atoms with E-state index in [1.165, 1.54) is 0 Å². The predicted octanol–water partition coefficient (Wildman–Crippen LogP) is 6.75. The first-order valence-corrected chi connectivity index (χ1v) is 12.2. The van der Waals surface area contributed by atoms with Crippen LogP contribution in [0, 0.1) is 6.92 Å². The third-order valence-electron chi connectivity index (χ3n) is 4.99. The minimum absolute atomic E-state index is 0.121. The van der Waals surface area contributed by atoms with Crippen LogP contribution in [0.2, 0.25) is 0 Å². The van der Waals surface area contributed by atoms with E-state index in [-0.39, 0.29) is 5.91 Å². The van der Waals surface area contributed by atoms with Gasteiger partial charge in [-0.2, -0.15) is 0 Å². The van der Waals surface area contributed by atoms with Crippen molar-refractivity contribution in [1.29, 1.82) is 0 Å². The van der Waals surface area contributed by atoms with E-state index >= 15 is 0 Å². The highest BCUT2D eigenvalue weighted by molar-refractivity contribution is 9.10. The van der Waals surface area contributed by atoms with Crippen molar-refractivity contribution in [1.82, 2.24) is 14.8 Å². The molecule has 0 aliphatic heterocycles. The van der Waals surface area contributed by atoms with E-state index in [4.69, 9.17) is 0 Å². The van der Waals surface area contributed by atoms with Crippen LogP contribution >= 0.6 is 27.7 Å². The quantitative estimate of drug-likeness (QED) is 0.207. The van der Waals surface area contributed by atoms with Gasteiger partial charge in [0.25, 0.3) is 5.91 Å². The van der Waals surface area contributed by atoms with Gasteiger partial charge in [-0.3, -0.25) is 9.36 Å². The van der Waals surface area contributed by atoms with Crippen LogP contribution in [0.25, 0.3) is 11.4 Å². The summed E-state index contributed by atoms with van der Waals surface area (Å²) in [5, 5.41) is 12.6.